The van der Waals surface area contributed by atoms with E-state index in [4.69, 9.17) is 4.74 Å². The Morgan fingerprint density at radius 3 is 2.45 bits per heavy atom. The van der Waals surface area contributed by atoms with Crippen LogP contribution in [0.25, 0.3) is 11.1 Å². The molecule has 0 aliphatic carbocycles. The van der Waals surface area contributed by atoms with E-state index in [1.165, 1.54) is 11.1 Å². The molecule has 0 bridgehead atoms. The van der Waals surface area contributed by atoms with Gasteiger partial charge in [-0.15, -0.1) is 0 Å². The van der Waals surface area contributed by atoms with Gasteiger partial charge in [0.25, 0.3) is 5.91 Å². The Bertz CT molecular complexity index is 1130. The number of hydrogen-bond donors (Lipinski definition) is 1. The fourth-order valence-corrected chi connectivity index (χ4v) is 3.61. The molecule has 31 heavy (non-hydrogen) atoms. The minimum absolute atomic E-state index is 0.107. The number of hydrogen-bond acceptors (Lipinski definition) is 4. The maximum absolute atomic E-state index is 12.9. The average Bonchev–Trinajstić information content (AvgIpc) is 3.30. The molecule has 2 aromatic carbocycles. The highest BCUT2D eigenvalue weighted by Gasteiger charge is 2.35. The van der Waals surface area contributed by atoms with Crippen LogP contribution in [0, 0.1) is 0 Å². The normalized spacial score (nSPS) is 16.3. The standard InChI is InChI=1S/C24H23N3O4/c28-23(25-22-16-20(13-15-27(22)30)19-10-5-2-6-11-19)21-12-7-14-26(21)24(29)31-17-18-8-3-1-4-9-18/h1-6,8-11,13,15-16,21,30H,7,12,14,17H2/t21-/m0/s1. The number of likely N-dealkylation sites (tertiary alicyclic amines) is 1. The molecule has 7 nitrogen and oxygen atoms in total. The van der Waals surface area contributed by atoms with Crippen LogP contribution < -0.4 is 5.49 Å². The van der Waals surface area contributed by atoms with E-state index in [1.54, 1.807) is 12.1 Å². The van der Waals surface area contributed by atoms with Crippen molar-refractivity contribution >= 4 is 12.0 Å². The van der Waals surface area contributed by atoms with Crippen molar-refractivity contribution in [2.24, 2.45) is 4.99 Å². The monoisotopic (exact) mass is 417 g/mol. The molecule has 3 aromatic rings. The van der Waals surface area contributed by atoms with Crippen LogP contribution >= 0.6 is 0 Å². The first kappa shape index (κ1) is 20.4. The summed E-state index contributed by atoms with van der Waals surface area (Å²) in [6, 6.07) is 21.7. The molecule has 0 saturated carbocycles. The third-order valence-corrected chi connectivity index (χ3v) is 5.22. The number of pyridine rings is 1. The molecule has 1 saturated heterocycles. The number of amides is 2. The lowest BCUT2D eigenvalue weighted by molar-refractivity contribution is -0.122. The molecule has 1 atom stereocenters. The van der Waals surface area contributed by atoms with Gasteiger partial charge in [-0.2, -0.15) is 9.72 Å². The van der Waals surface area contributed by atoms with Crippen LogP contribution in [0.15, 0.2) is 84.0 Å². The van der Waals surface area contributed by atoms with Gasteiger partial charge in [-0.05, 0) is 41.7 Å². The molecule has 0 unspecified atom stereocenters. The number of aromatic nitrogens is 1. The first-order chi connectivity index (χ1) is 15.1. The van der Waals surface area contributed by atoms with E-state index in [9.17, 15) is 14.8 Å². The Balaban J connectivity index is 1.50. The summed E-state index contributed by atoms with van der Waals surface area (Å²) >= 11 is 0. The summed E-state index contributed by atoms with van der Waals surface area (Å²) < 4.78 is 6.18. The van der Waals surface area contributed by atoms with E-state index in [0.29, 0.717) is 19.4 Å². The summed E-state index contributed by atoms with van der Waals surface area (Å²) in [5.74, 6) is -0.484. The summed E-state index contributed by atoms with van der Waals surface area (Å²) in [5, 5.41) is 10.1. The Morgan fingerprint density at radius 2 is 1.71 bits per heavy atom. The van der Waals surface area contributed by atoms with Crippen LogP contribution in [0.5, 0.6) is 0 Å². The average molecular weight is 417 g/mol. The summed E-state index contributed by atoms with van der Waals surface area (Å²) in [6.07, 6.45) is 2.10. The number of nitrogens with zero attached hydrogens (tertiary/aromatic N) is 3. The Hall–Kier alpha value is -3.87. The smallest absolute Gasteiger partial charge is 0.410 e. The van der Waals surface area contributed by atoms with Gasteiger partial charge in [-0.25, -0.2) is 4.79 Å². The zero-order chi connectivity index (χ0) is 21.6. The van der Waals surface area contributed by atoms with E-state index >= 15 is 0 Å². The fourth-order valence-electron chi connectivity index (χ4n) is 3.61. The Morgan fingerprint density at radius 1 is 1.00 bits per heavy atom. The highest BCUT2D eigenvalue weighted by Crippen LogP contribution is 2.20. The predicted molar refractivity (Wildman–Crippen MR) is 114 cm³/mol. The number of carbonyl (C=O) groups excluding carboxylic acids is 2. The van der Waals surface area contributed by atoms with Gasteiger partial charge in [0.1, 0.15) is 12.6 Å². The third-order valence-electron chi connectivity index (χ3n) is 5.22. The lowest BCUT2D eigenvalue weighted by Crippen LogP contribution is -2.41. The van der Waals surface area contributed by atoms with E-state index in [2.05, 4.69) is 4.99 Å². The summed E-state index contributed by atoms with van der Waals surface area (Å²) in [5.41, 5.74) is 2.75. The minimum atomic E-state index is -0.705. The van der Waals surface area contributed by atoms with Crippen molar-refractivity contribution in [3.8, 4) is 11.1 Å². The van der Waals surface area contributed by atoms with Crippen LogP contribution in [-0.4, -0.2) is 39.4 Å². The summed E-state index contributed by atoms with van der Waals surface area (Å²) in [4.78, 5) is 30.9. The Labute approximate surface area is 179 Å². The topological polar surface area (TPSA) is 84.1 Å². The van der Waals surface area contributed by atoms with Crippen LogP contribution in [-0.2, 0) is 16.1 Å². The highest BCUT2D eigenvalue weighted by molar-refractivity contribution is 5.86. The zero-order valence-electron chi connectivity index (χ0n) is 16.9. The molecule has 0 radical (unpaired) electrons. The van der Waals surface area contributed by atoms with Crippen molar-refractivity contribution in [3.63, 3.8) is 0 Å². The van der Waals surface area contributed by atoms with Gasteiger partial charge in [0, 0.05) is 12.7 Å². The van der Waals surface area contributed by atoms with Gasteiger partial charge < -0.3 is 9.94 Å². The minimum Gasteiger partial charge on any atom is -0.445 e. The van der Waals surface area contributed by atoms with Crippen molar-refractivity contribution < 1.29 is 19.5 Å². The van der Waals surface area contributed by atoms with Gasteiger partial charge >= 0.3 is 6.09 Å². The van der Waals surface area contributed by atoms with Crippen molar-refractivity contribution in [2.45, 2.75) is 25.5 Å². The molecule has 1 N–H and O–H groups in total. The lowest BCUT2D eigenvalue weighted by atomic mass is 10.1. The molecule has 1 aliphatic rings. The molecule has 1 aliphatic heterocycles. The van der Waals surface area contributed by atoms with Gasteiger partial charge in [0.15, 0.2) is 5.49 Å². The molecule has 0 spiro atoms. The molecule has 1 fully saturated rings. The summed E-state index contributed by atoms with van der Waals surface area (Å²) in [7, 11) is 0. The fraction of sp³-hybridized carbons (Fsp3) is 0.208. The second-order valence-electron chi connectivity index (χ2n) is 7.33. The van der Waals surface area contributed by atoms with Crippen LogP contribution in [0.3, 0.4) is 0 Å². The first-order valence-electron chi connectivity index (χ1n) is 10.1. The molecule has 2 amide bonds. The van der Waals surface area contributed by atoms with E-state index in [0.717, 1.165) is 21.4 Å². The molecule has 1 aromatic heterocycles. The lowest BCUT2D eigenvalue weighted by Gasteiger charge is -2.21. The second kappa shape index (κ2) is 9.30. The maximum Gasteiger partial charge on any atom is 0.410 e. The molecule has 7 heteroatoms. The van der Waals surface area contributed by atoms with Gasteiger partial charge in [-0.1, -0.05) is 60.7 Å². The van der Waals surface area contributed by atoms with E-state index in [-0.39, 0.29) is 12.1 Å². The SMILES string of the molecule is O=C(N=c1cc(-c2ccccc2)ccn1O)[C@@H]1CCCN1C(=O)OCc1ccccc1. The van der Waals surface area contributed by atoms with Crippen LogP contribution in [0.1, 0.15) is 18.4 Å². The first-order valence-corrected chi connectivity index (χ1v) is 10.1. The zero-order valence-corrected chi connectivity index (χ0v) is 16.9. The highest BCUT2D eigenvalue weighted by atomic mass is 16.6. The number of carbonyl (C=O) groups is 2. The third kappa shape index (κ3) is 4.83. The van der Waals surface area contributed by atoms with Crippen molar-refractivity contribution in [1.29, 1.82) is 0 Å². The van der Waals surface area contributed by atoms with Gasteiger partial charge in [0.2, 0.25) is 0 Å². The second-order valence-corrected chi connectivity index (χ2v) is 7.33. The van der Waals surface area contributed by atoms with Crippen LogP contribution in [0.4, 0.5) is 4.79 Å². The maximum atomic E-state index is 12.9. The number of ether oxygens (including phenoxy) is 1. The van der Waals surface area contributed by atoms with E-state index < -0.39 is 18.0 Å². The molecule has 4 rings (SSSR count). The number of rotatable bonds is 4. The Kier molecular flexibility index (Phi) is 6.12. The van der Waals surface area contributed by atoms with E-state index in [1.807, 2.05) is 60.7 Å². The van der Waals surface area contributed by atoms with Crippen molar-refractivity contribution in [1.82, 2.24) is 9.63 Å². The predicted octanol–water partition coefficient (Wildman–Crippen LogP) is 3.62. The summed E-state index contributed by atoms with van der Waals surface area (Å²) in [6.45, 7) is 0.576. The molecule has 158 valence electrons. The molecular weight excluding hydrogens is 394 g/mol. The molecule has 2 heterocycles. The number of benzene rings is 2. The van der Waals surface area contributed by atoms with Gasteiger partial charge in [0.05, 0.1) is 0 Å². The largest absolute Gasteiger partial charge is 0.445 e. The van der Waals surface area contributed by atoms with Crippen molar-refractivity contribution in [3.05, 3.63) is 90.0 Å². The van der Waals surface area contributed by atoms with Crippen LogP contribution in [0.2, 0.25) is 0 Å². The quantitative estimate of drug-likeness (QED) is 0.657. The van der Waals surface area contributed by atoms with Crippen molar-refractivity contribution in [2.75, 3.05) is 6.54 Å². The molecular formula is C24H23N3O4. The van der Waals surface area contributed by atoms with Gasteiger partial charge in [-0.3, -0.25) is 9.69 Å².